The molecule has 1 aliphatic carbocycles. The summed E-state index contributed by atoms with van der Waals surface area (Å²) in [6.07, 6.45) is -1.40. The number of alkyl halides is 3. The van der Waals surface area contributed by atoms with Crippen molar-refractivity contribution in [3.63, 3.8) is 0 Å². The van der Waals surface area contributed by atoms with E-state index in [0.717, 1.165) is 48.8 Å². The van der Waals surface area contributed by atoms with E-state index in [-0.39, 0.29) is 58.1 Å². The van der Waals surface area contributed by atoms with Crippen molar-refractivity contribution < 1.29 is 31.1 Å². The lowest BCUT2D eigenvalue weighted by molar-refractivity contribution is -0.137. The highest BCUT2D eigenvalue weighted by Gasteiger charge is 2.41. The zero-order chi connectivity index (χ0) is 28.5. The Bertz CT molecular complexity index is 1670. The summed E-state index contributed by atoms with van der Waals surface area (Å²) in [5, 5.41) is 6.39. The van der Waals surface area contributed by atoms with Gasteiger partial charge in [0.1, 0.15) is 10.4 Å². The van der Waals surface area contributed by atoms with Crippen molar-refractivity contribution in [1.82, 2.24) is 25.2 Å². The molecule has 0 radical (unpaired) electrons. The first-order valence-electron chi connectivity index (χ1n) is 13.3. The number of anilines is 2. The average molecular weight is 607 g/mol. The number of ether oxygens (including phenoxy) is 1. The van der Waals surface area contributed by atoms with E-state index < -0.39 is 33.2 Å². The van der Waals surface area contributed by atoms with E-state index in [1.807, 2.05) is 6.07 Å². The molecule has 10 nitrogen and oxygen atoms in total. The van der Waals surface area contributed by atoms with Crippen LogP contribution in [0.4, 0.5) is 24.8 Å². The number of carbonyl (C=O) groups excluding carboxylic acids is 1. The molecule has 6 heterocycles. The Kier molecular flexibility index (Phi) is 6.33. The lowest BCUT2D eigenvalue weighted by Crippen LogP contribution is -2.52. The highest BCUT2D eigenvalue weighted by molar-refractivity contribution is 7.91. The maximum Gasteiger partial charge on any atom is 0.420 e. The van der Waals surface area contributed by atoms with Gasteiger partial charge in [0.25, 0.3) is 5.91 Å². The SMILES string of the molecule is O=C1c2sc(-c3nc(Nc4cc5c(nc4C4CC4)CNCC5)ncc3C(F)(F)F)cc2S(=O)(=O)CCN1C1COC1. The fraction of sp³-hybridized carbons (Fsp3) is 0.462. The first kappa shape index (κ1) is 26.7. The van der Waals surface area contributed by atoms with Gasteiger partial charge in [-0.15, -0.1) is 11.3 Å². The minimum Gasteiger partial charge on any atom is -0.377 e. The maximum absolute atomic E-state index is 14.1. The predicted molar refractivity (Wildman–Crippen MR) is 143 cm³/mol. The zero-order valence-electron chi connectivity index (χ0n) is 21.6. The number of aromatic nitrogens is 3. The number of fused-ring (bicyclic) bond motifs is 2. The van der Waals surface area contributed by atoms with E-state index in [9.17, 15) is 26.4 Å². The van der Waals surface area contributed by atoms with E-state index >= 15 is 0 Å². The molecule has 2 fully saturated rings. The normalized spacial score (nSPS) is 20.7. The number of halogens is 3. The van der Waals surface area contributed by atoms with Gasteiger partial charge in [-0.05, 0) is 43.5 Å². The number of nitrogens with zero attached hydrogens (tertiary/aromatic N) is 4. The Balaban J connectivity index is 1.31. The quantitative estimate of drug-likeness (QED) is 0.449. The molecular weight excluding hydrogens is 581 g/mol. The third kappa shape index (κ3) is 4.87. The van der Waals surface area contributed by atoms with E-state index in [1.165, 1.54) is 4.90 Å². The fourth-order valence-corrected chi connectivity index (χ4v) is 8.23. The van der Waals surface area contributed by atoms with Crippen LogP contribution >= 0.6 is 11.3 Å². The third-order valence-electron chi connectivity index (χ3n) is 7.77. The maximum atomic E-state index is 14.1. The van der Waals surface area contributed by atoms with Crippen molar-refractivity contribution in [3.8, 4) is 10.6 Å². The molecule has 15 heteroatoms. The number of thiophene rings is 1. The molecule has 7 rings (SSSR count). The summed E-state index contributed by atoms with van der Waals surface area (Å²) in [6, 6.07) is 2.84. The first-order chi connectivity index (χ1) is 19.6. The number of sulfone groups is 1. The van der Waals surface area contributed by atoms with Crippen LogP contribution in [-0.2, 0) is 33.7 Å². The number of hydrogen-bond acceptors (Lipinski definition) is 10. The Morgan fingerprint density at radius 2 is 1.98 bits per heavy atom. The number of rotatable bonds is 5. The summed E-state index contributed by atoms with van der Waals surface area (Å²) in [5.74, 6) is -0.676. The van der Waals surface area contributed by atoms with Crippen molar-refractivity contribution in [2.24, 2.45) is 0 Å². The van der Waals surface area contributed by atoms with Gasteiger partial charge in [-0.1, -0.05) is 0 Å². The second-order valence-electron chi connectivity index (χ2n) is 10.6. The molecule has 1 saturated carbocycles. The van der Waals surface area contributed by atoms with Crippen LogP contribution in [0.15, 0.2) is 23.2 Å². The van der Waals surface area contributed by atoms with Gasteiger partial charge >= 0.3 is 6.18 Å². The number of nitrogens with one attached hydrogen (secondary N) is 2. The zero-order valence-corrected chi connectivity index (χ0v) is 23.3. The highest BCUT2D eigenvalue weighted by atomic mass is 32.2. The topological polar surface area (TPSA) is 126 Å². The number of hydrogen-bond donors (Lipinski definition) is 2. The molecule has 1 amide bonds. The monoisotopic (exact) mass is 606 g/mol. The smallest absolute Gasteiger partial charge is 0.377 e. The minimum atomic E-state index is -4.81. The van der Waals surface area contributed by atoms with Crippen LogP contribution in [0.5, 0.6) is 0 Å². The summed E-state index contributed by atoms with van der Waals surface area (Å²) in [7, 11) is -3.92. The number of amides is 1. The summed E-state index contributed by atoms with van der Waals surface area (Å²) < 4.78 is 73.8. The summed E-state index contributed by atoms with van der Waals surface area (Å²) in [6.45, 7) is 2.03. The lowest BCUT2D eigenvalue weighted by Gasteiger charge is -2.36. The lowest BCUT2D eigenvalue weighted by atomic mass is 10.0. The third-order valence-corrected chi connectivity index (χ3v) is 10.7. The van der Waals surface area contributed by atoms with Crippen molar-refractivity contribution in [3.05, 3.63) is 45.7 Å². The average Bonchev–Trinajstić information content (AvgIpc) is 3.66. The van der Waals surface area contributed by atoms with E-state index in [0.29, 0.717) is 29.8 Å². The Labute approximate surface area is 237 Å². The van der Waals surface area contributed by atoms with Crippen LogP contribution in [-0.4, -0.2) is 72.3 Å². The molecule has 4 aliphatic rings. The van der Waals surface area contributed by atoms with Gasteiger partial charge in [0.15, 0.2) is 9.84 Å². The Morgan fingerprint density at radius 1 is 1.17 bits per heavy atom. The van der Waals surface area contributed by atoms with Gasteiger partial charge in [-0.3, -0.25) is 9.78 Å². The second-order valence-corrected chi connectivity index (χ2v) is 13.7. The molecule has 0 bridgehead atoms. The molecule has 3 aromatic heterocycles. The molecule has 1 saturated heterocycles. The summed E-state index contributed by atoms with van der Waals surface area (Å²) in [5.41, 5.74) is 1.89. The molecule has 0 spiro atoms. The standard InChI is InChI=1S/C26H25F3N6O4S2/c27-26(28,29)16-9-31-25(33-17-7-14-3-4-30-10-18(14)32-21(17)13-1-2-13)34-22(16)19-8-20-23(40-19)24(36)35(15-11-39-12-15)5-6-41(20,37)38/h7-9,13,15,30H,1-6,10-12H2,(H,31,33,34). The fourth-order valence-electron chi connectivity index (χ4n) is 5.32. The number of carbonyl (C=O) groups is 1. The van der Waals surface area contributed by atoms with Crippen molar-refractivity contribution >= 4 is 38.7 Å². The minimum absolute atomic E-state index is 0.00446. The Hall–Kier alpha value is -3.14. The van der Waals surface area contributed by atoms with Crippen molar-refractivity contribution in [2.45, 2.75) is 48.8 Å². The van der Waals surface area contributed by atoms with Gasteiger partial charge in [0.2, 0.25) is 5.95 Å². The first-order valence-corrected chi connectivity index (χ1v) is 15.8. The van der Waals surface area contributed by atoms with Gasteiger partial charge in [0, 0.05) is 25.2 Å². The molecule has 2 N–H and O–H groups in total. The van der Waals surface area contributed by atoms with E-state index in [4.69, 9.17) is 9.72 Å². The summed E-state index contributed by atoms with van der Waals surface area (Å²) >= 11 is 0.701. The van der Waals surface area contributed by atoms with Crippen LogP contribution in [0.2, 0.25) is 0 Å². The highest BCUT2D eigenvalue weighted by Crippen LogP contribution is 2.45. The van der Waals surface area contributed by atoms with Gasteiger partial charge in [0.05, 0.1) is 57.6 Å². The number of pyridine rings is 1. The van der Waals surface area contributed by atoms with Crippen molar-refractivity contribution in [1.29, 1.82) is 0 Å². The van der Waals surface area contributed by atoms with Gasteiger partial charge in [-0.25, -0.2) is 18.4 Å². The molecule has 216 valence electrons. The molecule has 41 heavy (non-hydrogen) atoms. The van der Waals surface area contributed by atoms with E-state index in [2.05, 4.69) is 20.6 Å². The molecule has 0 atom stereocenters. The second kappa shape index (κ2) is 9.71. The van der Waals surface area contributed by atoms with Crippen LogP contribution in [0.3, 0.4) is 0 Å². The predicted octanol–water partition coefficient (Wildman–Crippen LogP) is 3.51. The van der Waals surface area contributed by atoms with Crippen LogP contribution in [0.25, 0.3) is 10.6 Å². The molecule has 0 aromatic carbocycles. The van der Waals surface area contributed by atoms with Crippen molar-refractivity contribution in [2.75, 3.05) is 37.4 Å². The largest absolute Gasteiger partial charge is 0.420 e. The molecule has 0 unspecified atom stereocenters. The van der Waals surface area contributed by atoms with E-state index in [1.54, 1.807) is 0 Å². The Morgan fingerprint density at radius 3 is 2.68 bits per heavy atom. The molecule has 3 aromatic rings. The van der Waals surface area contributed by atoms with Gasteiger partial charge < -0.3 is 20.3 Å². The summed E-state index contributed by atoms with van der Waals surface area (Å²) in [4.78, 5) is 27.4. The molecular formula is C26H25F3N6O4S2. The molecule has 3 aliphatic heterocycles. The van der Waals surface area contributed by atoms with Crippen LogP contribution in [0, 0.1) is 0 Å². The van der Waals surface area contributed by atoms with Gasteiger partial charge in [-0.2, -0.15) is 13.2 Å². The van der Waals surface area contributed by atoms with Crippen LogP contribution < -0.4 is 10.6 Å². The van der Waals surface area contributed by atoms with Crippen LogP contribution in [0.1, 0.15) is 50.9 Å².